The molecule has 2 amide bonds. The lowest BCUT2D eigenvalue weighted by atomic mass is 10.1. The molecule has 1 aromatic rings. The van der Waals surface area contributed by atoms with Gasteiger partial charge in [0.05, 0.1) is 4.47 Å². The van der Waals surface area contributed by atoms with Crippen LogP contribution in [0.25, 0.3) is 0 Å². The van der Waals surface area contributed by atoms with Crippen LogP contribution in [0.15, 0.2) is 22.7 Å². The second-order valence-corrected chi connectivity index (χ2v) is 5.98. The first-order chi connectivity index (χ1) is 10.8. The maximum atomic E-state index is 12.2. The number of amides is 2. The minimum atomic E-state index is -4.78. The first-order valence-electron chi connectivity index (χ1n) is 7.04. The van der Waals surface area contributed by atoms with Crippen LogP contribution in [-0.4, -0.2) is 41.6 Å². The van der Waals surface area contributed by atoms with Crippen LogP contribution in [0.1, 0.15) is 19.3 Å². The van der Waals surface area contributed by atoms with Crippen molar-refractivity contribution in [2.75, 3.05) is 18.5 Å². The number of ether oxygens (including phenoxy) is 1. The van der Waals surface area contributed by atoms with E-state index in [4.69, 9.17) is 5.11 Å². The van der Waals surface area contributed by atoms with Crippen LogP contribution >= 0.6 is 15.9 Å². The number of nitrogens with one attached hydrogen (secondary N) is 1. The van der Waals surface area contributed by atoms with Crippen LogP contribution in [0, 0.1) is 0 Å². The fourth-order valence-corrected chi connectivity index (χ4v) is 2.99. The van der Waals surface area contributed by atoms with E-state index >= 15 is 0 Å². The number of likely N-dealkylation sites (tertiary alicyclic amines) is 1. The summed E-state index contributed by atoms with van der Waals surface area (Å²) in [7, 11) is 0. The van der Waals surface area contributed by atoms with E-state index in [-0.39, 0.29) is 28.9 Å². The van der Waals surface area contributed by atoms with E-state index in [2.05, 4.69) is 26.0 Å². The van der Waals surface area contributed by atoms with Crippen molar-refractivity contribution >= 4 is 27.6 Å². The molecular formula is C14H16BrF3N2O3. The number of carbonyl (C=O) groups excluding carboxylic acids is 1. The molecule has 23 heavy (non-hydrogen) atoms. The van der Waals surface area contributed by atoms with E-state index in [1.54, 1.807) is 4.90 Å². The largest absolute Gasteiger partial charge is 0.573 e. The number of carbonyl (C=O) groups is 1. The minimum Gasteiger partial charge on any atom is -0.405 e. The lowest BCUT2D eigenvalue weighted by Gasteiger charge is -2.24. The molecular weight excluding hydrogens is 381 g/mol. The quantitative estimate of drug-likeness (QED) is 0.814. The highest BCUT2D eigenvalue weighted by Gasteiger charge is 2.32. The van der Waals surface area contributed by atoms with E-state index in [1.807, 2.05) is 0 Å². The average Bonchev–Trinajstić information content (AvgIpc) is 2.89. The molecule has 0 spiro atoms. The normalized spacial score (nSPS) is 18.1. The van der Waals surface area contributed by atoms with Crippen molar-refractivity contribution in [3.63, 3.8) is 0 Å². The van der Waals surface area contributed by atoms with Gasteiger partial charge in [-0.1, -0.05) is 0 Å². The van der Waals surface area contributed by atoms with Gasteiger partial charge in [-0.3, -0.25) is 0 Å². The molecule has 1 fully saturated rings. The summed E-state index contributed by atoms with van der Waals surface area (Å²) >= 11 is 2.99. The Morgan fingerprint density at radius 2 is 2.22 bits per heavy atom. The summed E-state index contributed by atoms with van der Waals surface area (Å²) < 4.78 is 40.6. The number of benzene rings is 1. The average molecular weight is 397 g/mol. The molecule has 2 rings (SSSR count). The van der Waals surface area contributed by atoms with E-state index < -0.39 is 6.36 Å². The predicted molar refractivity (Wildman–Crippen MR) is 81.3 cm³/mol. The first-order valence-corrected chi connectivity index (χ1v) is 7.83. The number of hydrogen-bond donors (Lipinski definition) is 2. The molecule has 0 bridgehead atoms. The van der Waals surface area contributed by atoms with Gasteiger partial charge in [-0.05, 0) is 53.4 Å². The summed E-state index contributed by atoms with van der Waals surface area (Å²) in [6.45, 7) is 0.594. The van der Waals surface area contributed by atoms with Gasteiger partial charge in [-0.25, -0.2) is 4.79 Å². The summed E-state index contributed by atoms with van der Waals surface area (Å²) in [4.78, 5) is 13.9. The van der Waals surface area contributed by atoms with Crippen LogP contribution in [0.3, 0.4) is 0 Å². The lowest BCUT2D eigenvalue weighted by molar-refractivity contribution is -0.274. The van der Waals surface area contributed by atoms with Crippen molar-refractivity contribution in [2.45, 2.75) is 31.7 Å². The molecule has 128 valence electrons. The summed E-state index contributed by atoms with van der Waals surface area (Å²) in [5, 5.41) is 11.6. The van der Waals surface area contributed by atoms with Gasteiger partial charge in [0.1, 0.15) is 5.75 Å². The zero-order valence-corrected chi connectivity index (χ0v) is 13.7. The van der Waals surface area contributed by atoms with Gasteiger partial charge < -0.3 is 20.1 Å². The Hall–Kier alpha value is -1.48. The molecule has 0 radical (unpaired) electrons. The number of aliphatic hydroxyl groups is 1. The third-order valence-corrected chi connectivity index (χ3v) is 4.13. The molecule has 1 heterocycles. The van der Waals surface area contributed by atoms with Gasteiger partial charge in [0.2, 0.25) is 0 Å². The monoisotopic (exact) mass is 396 g/mol. The second-order valence-electron chi connectivity index (χ2n) is 5.12. The van der Waals surface area contributed by atoms with Crippen molar-refractivity contribution < 1.29 is 27.8 Å². The number of nitrogens with zero attached hydrogens (tertiary/aromatic N) is 1. The SMILES string of the molecule is O=C(Nc1ccc(OC(F)(F)F)c(Br)c1)N1CCCC1CCO. The fourth-order valence-electron chi connectivity index (χ4n) is 2.53. The molecule has 5 nitrogen and oxygen atoms in total. The topological polar surface area (TPSA) is 61.8 Å². The van der Waals surface area contributed by atoms with Gasteiger partial charge in [0, 0.05) is 24.9 Å². The van der Waals surface area contributed by atoms with E-state index in [0.29, 0.717) is 18.7 Å². The highest BCUT2D eigenvalue weighted by atomic mass is 79.9. The summed E-state index contributed by atoms with van der Waals surface area (Å²) in [6.07, 6.45) is -2.58. The molecule has 2 N–H and O–H groups in total. The maximum Gasteiger partial charge on any atom is 0.573 e. The Bertz CT molecular complexity index is 569. The smallest absolute Gasteiger partial charge is 0.405 e. The Morgan fingerprint density at radius 3 is 2.83 bits per heavy atom. The third kappa shape index (κ3) is 5.00. The van der Waals surface area contributed by atoms with Gasteiger partial charge in [0.25, 0.3) is 0 Å². The van der Waals surface area contributed by atoms with Gasteiger partial charge in [-0.15, -0.1) is 13.2 Å². The molecule has 1 aliphatic heterocycles. The summed E-state index contributed by atoms with van der Waals surface area (Å²) in [5.41, 5.74) is 0.353. The number of aliphatic hydroxyl groups excluding tert-OH is 1. The lowest BCUT2D eigenvalue weighted by Crippen LogP contribution is -2.39. The van der Waals surface area contributed by atoms with Gasteiger partial charge >= 0.3 is 12.4 Å². The van der Waals surface area contributed by atoms with Crippen molar-refractivity contribution in [3.05, 3.63) is 22.7 Å². The number of urea groups is 1. The highest BCUT2D eigenvalue weighted by Crippen LogP contribution is 2.32. The number of hydrogen-bond acceptors (Lipinski definition) is 3. The fraction of sp³-hybridized carbons (Fsp3) is 0.500. The highest BCUT2D eigenvalue weighted by molar-refractivity contribution is 9.10. The predicted octanol–water partition coefficient (Wildman–Crippen LogP) is 3.73. The van der Waals surface area contributed by atoms with E-state index in [1.165, 1.54) is 12.1 Å². The number of halogens is 4. The van der Waals surface area contributed by atoms with Crippen LogP contribution in [0.4, 0.5) is 23.7 Å². The van der Waals surface area contributed by atoms with Crippen molar-refractivity contribution in [1.29, 1.82) is 0 Å². The minimum absolute atomic E-state index is 0.00345. The Morgan fingerprint density at radius 1 is 1.48 bits per heavy atom. The van der Waals surface area contributed by atoms with Crippen molar-refractivity contribution in [1.82, 2.24) is 4.90 Å². The van der Waals surface area contributed by atoms with Gasteiger partial charge in [0.15, 0.2) is 0 Å². The van der Waals surface area contributed by atoms with Crippen LogP contribution in [0.2, 0.25) is 0 Å². The number of alkyl halides is 3. The zero-order valence-electron chi connectivity index (χ0n) is 12.1. The molecule has 1 atom stereocenters. The number of rotatable bonds is 4. The molecule has 0 saturated carbocycles. The van der Waals surface area contributed by atoms with Crippen LogP contribution in [-0.2, 0) is 0 Å². The molecule has 0 aromatic heterocycles. The molecule has 0 aliphatic carbocycles. The number of anilines is 1. The van der Waals surface area contributed by atoms with Gasteiger partial charge in [-0.2, -0.15) is 0 Å². The maximum absolute atomic E-state index is 12.2. The van der Waals surface area contributed by atoms with Crippen molar-refractivity contribution in [3.8, 4) is 5.75 Å². The summed E-state index contributed by atoms with van der Waals surface area (Å²) in [6, 6.07) is 3.45. The third-order valence-electron chi connectivity index (χ3n) is 3.51. The second kappa shape index (κ2) is 7.39. The molecule has 1 aromatic carbocycles. The Labute approximate surface area is 139 Å². The van der Waals surface area contributed by atoms with E-state index in [9.17, 15) is 18.0 Å². The molecule has 9 heteroatoms. The molecule has 1 aliphatic rings. The first kappa shape index (κ1) is 17.9. The van der Waals surface area contributed by atoms with E-state index in [0.717, 1.165) is 18.9 Å². The molecule has 1 saturated heterocycles. The Kier molecular flexibility index (Phi) is 5.74. The van der Waals surface area contributed by atoms with Crippen LogP contribution < -0.4 is 10.1 Å². The standard InChI is InChI=1S/C14H16BrF3N2O3/c15-11-8-9(3-4-12(11)23-14(16,17)18)19-13(22)20-6-1-2-10(20)5-7-21/h3-4,8,10,21H,1-2,5-7H2,(H,19,22). The summed E-state index contributed by atoms with van der Waals surface area (Å²) in [5.74, 6) is -0.380. The van der Waals surface area contributed by atoms with Crippen LogP contribution in [0.5, 0.6) is 5.75 Å². The zero-order chi connectivity index (χ0) is 17.0. The van der Waals surface area contributed by atoms with Crippen molar-refractivity contribution in [2.24, 2.45) is 0 Å². The molecule has 1 unspecified atom stereocenters. The Balaban J connectivity index is 2.02.